The largest absolute Gasteiger partial charge is 0.490 e. The second-order valence-electron chi connectivity index (χ2n) is 8.74. The van der Waals surface area contributed by atoms with Gasteiger partial charge in [-0.05, 0) is 49.2 Å². The Morgan fingerprint density at radius 2 is 1.67 bits per heavy atom. The number of fused-ring (bicyclic) bond motifs is 1. The molecule has 0 fully saturated rings. The number of aromatic nitrogens is 1. The lowest BCUT2D eigenvalue weighted by Crippen LogP contribution is -2.25. The number of aliphatic carboxylic acids is 1. The van der Waals surface area contributed by atoms with Crippen LogP contribution in [0.1, 0.15) is 40.9 Å². The minimum atomic E-state index is -5.08. The van der Waals surface area contributed by atoms with Crippen LogP contribution in [0, 0.1) is 0 Å². The zero-order valence-corrected chi connectivity index (χ0v) is 19.7. The van der Waals surface area contributed by atoms with E-state index in [9.17, 15) is 18.0 Å². The summed E-state index contributed by atoms with van der Waals surface area (Å²) in [5.74, 6) is -1.87. The number of carboxylic acids is 1. The zero-order chi connectivity index (χ0) is 26.3. The molecule has 4 rings (SSSR count). The van der Waals surface area contributed by atoms with Crippen molar-refractivity contribution < 1.29 is 32.6 Å². The normalized spacial score (nSPS) is 13.6. The Kier molecular flexibility index (Phi) is 8.31. The van der Waals surface area contributed by atoms with Crippen LogP contribution in [0.5, 0.6) is 5.75 Å². The van der Waals surface area contributed by atoms with Crippen molar-refractivity contribution in [1.29, 1.82) is 0 Å². The maximum Gasteiger partial charge on any atom is 0.490 e. The molecule has 10 heteroatoms. The number of hydrogen-bond donors (Lipinski definition) is 3. The van der Waals surface area contributed by atoms with Gasteiger partial charge in [-0.25, -0.2) is 4.79 Å². The van der Waals surface area contributed by atoms with E-state index in [2.05, 4.69) is 47.7 Å². The summed E-state index contributed by atoms with van der Waals surface area (Å²) in [5, 5.41) is 13.5. The summed E-state index contributed by atoms with van der Waals surface area (Å²) in [5.41, 5.74) is 4.85. The monoisotopic (exact) mass is 501 g/mol. The van der Waals surface area contributed by atoms with Crippen molar-refractivity contribution in [2.75, 3.05) is 5.32 Å². The Hall–Kier alpha value is -3.92. The van der Waals surface area contributed by atoms with Gasteiger partial charge in [0.1, 0.15) is 11.4 Å². The number of para-hydroxylation sites is 1. The van der Waals surface area contributed by atoms with E-state index >= 15 is 0 Å². The van der Waals surface area contributed by atoms with Crippen LogP contribution in [0.25, 0.3) is 0 Å². The van der Waals surface area contributed by atoms with Gasteiger partial charge >= 0.3 is 12.1 Å². The second-order valence-corrected chi connectivity index (χ2v) is 8.74. The van der Waals surface area contributed by atoms with Crippen LogP contribution in [0.4, 0.5) is 18.9 Å². The van der Waals surface area contributed by atoms with Gasteiger partial charge in [-0.1, -0.05) is 30.3 Å². The van der Waals surface area contributed by atoms with Crippen LogP contribution in [0.15, 0.2) is 67.0 Å². The molecule has 1 amide bonds. The van der Waals surface area contributed by atoms with Crippen molar-refractivity contribution in [3.8, 4) is 5.75 Å². The van der Waals surface area contributed by atoms with Gasteiger partial charge in [-0.3, -0.25) is 9.78 Å². The highest BCUT2D eigenvalue weighted by Crippen LogP contribution is 2.37. The van der Waals surface area contributed by atoms with E-state index in [1.54, 1.807) is 24.5 Å². The molecule has 1 aliphatic rings. The van der Waals surface area contributed by atoms with Crippen LogP contribution >= 0.6 is 0 Å². The van der Waals surface area contributed by atoms with Crippen LogP contribution < -0.4 is 15.4 Å². The molecule has 0 saturated heterocycles. The van der Waals surface area contributed by atoms with Crippen LogP contribution in [-0.4, -0.2) is 33.7 Å². The summed E-state index contributed by atoms with van der Waals surface area (Å²) >= 11 is 0. The maximum absolute atomic E-state index is 12.2. The number of benzene rings is 2. The molecule has 2 aromatic carbocycles. The SMILES string of the molecule is CC1(C)Cc2cccc(CNCc3ccc(NC(=O)c4ccncc4)cc3)c2O1.O=C(O)C(F)(F)F. The van der Waals surface area contributed by atoms with E-state index in [1.165, 1.54) is 11.1 Å². The third-order valence-electron chi connectivity index (χ3n) is 5.21. The molecule has 1 aliphatic heterocycles. The summed E-state index contributed by atoms with van der Waals surface area (Å²) < 4.78 is 37.9. The molecular formula is C26H26F3N3O4. The number of ether oxygens (including phenoxy) is 1. The van der Waals surface area contributed by atoms with Gasteiger partial charge in [0, 0.05) is 48.7 Å². The number of carbonyl (C=O) groups is 2. The minimum absolute atomic E-state index is 0.130. The molecule has 190 valence electrons. The highest BCUT2D eigenvalue weighted by atomic mass is 19.4. The summed E-state index contributed by atoms with van der Waals surface area (Å²) in [7, 11) is 0. The number of anilines is 1. The van der Waals surface area contributed by atoms with E-state index in [-0.39, 0.29) is 11.5 Å². The molecule has 0 spiro atoms. The molecule has 0 unspecified atom stereocenters. The Morgan fingerprint density at radius 1 is 1.03 bits per heavy atom. The Morgan fingerprint density at radius 3 is 2.28 bits per heavy atom. The smallest absolute Gasteiger partial charge is 0.487 e. The number of alkyl halides is 3. The number of carbonyl (C=O) groups excluding carboxylic acids is 1. The Bertz CT molecular complexity index is 1200. The standard InChI is InChI=1S/C24H25N3O2.C2HF3O2/c1-24(2)14-19-4-3-5-20(22(19)29-24)16-26-15-17-6-8-21(9-7-17)27-23(28)18-10-12-25-13-11-18;3-2(4,5)1(6)7/h3-13,26H,14-16H2,1-2H3,(H,27,28);(H,6,7). The molecule has 3 N–H and O–H groups in total. The number of rotatable bonds is 6. The molecule has 3 aromatic rings. The van der Waals surface area contributed by atoms with Gasteiger partial charge in [0.25, 0.3) is 5.91 Å². The van der Waals surface area contributed by atoms with E-state index in [4.69, 9.17) is 14.6 Å². The predicted octanol–water partition coefficient (Wildman–Crippen LogP) is 4.97. The van der Waals surface area contributed by atoms with E-state index in [0.29, 0.717) is 5.56 Å². The quantitative estimate of drug-likeness (QED) is 0.441. The van der Waals surface area contributed by atoms with Crippen LogP contribution in [0.2, 0.25) is 0 Å². The number of halogens is 3. The second kappa shape index (κ2) is 11.2. The fraction of sp³-hybridized carbons (Fsp3) is 0.269. The average molecular weight is 502 g/mol. The molecule has 2 heterocycles. The zero-order valence-electron chi connectivity index (χ0n) is 19.7. The molecule has 0 radical (unpaired) electrons. The lowest BCUT2D eigenvalue weighted by Gasteiger charge is -2.18. The highest BCUT2D eigenvalue weighted by Gasteiger charge is 2.38. The third-order valence-corrected chi connectivity index (χ3v) is 5.21. The van der Waals surface area contributed by atoms with Crippen molar-refractivity contribution in [3.05, 3.63) is 89.2 Å². The predicted molar refractivity (Wildman–Crippen MR) is 128 cm³/mol. The summed E-state index contributed by atoms with van der Waals surface area (Å²) in [6.45, 7) is 5.74. The van der Waals surface area contributed by atoms with Gasteiger partial charge in [0.2, 0.25) is 0 Å². The van der Waals surface area contributed by atoms with Gasteiger partial charge < -0.3 is 20.5 Å². The number of pyridine rings is 1. The molecule has 0 bridgehead atoms. The Labute approximate surface area is 206 Å². The van der Waals surface area contributed by atoms with Gasteiger partial charge in [-0.15, -0.1) is 0 Å². The molecule has 0 aliphatic carbocycles. The number of nitrogens with one attached hydrogen (secondary N) is 2. The van der Waals surface area contributed by atoms with Crippen molar-refractivity contribution in [2.45, 2.75) is 45.1 Å². The van der Waals surface area contributed by atoms with Crippen molar-refractivity contribution in [2.24, 2.45) is 0 Å². The molecule has 36 heavy (non-hydrogen) atoms. The number of nitrogens with zero attached hydrogens (tertiary/aromatic N) is 1. The molecule has 7 nitrogen and oxygen atoms in total. The first-order valence-corrected chi connectivity index (χ1v) is 11.1. The van der Waals surface area contributed by atoms with Crippen molar-refractivity contribution >= 4 is 17.6 Å². The lowest BCUT2D eigenvalue weighted by molar-refractivity contribution is -0.192. The molecule has 1 aromatic heterocycles. The number of carboxylic acid groups (broad SMARTS) is 1. The minimum Gasteiger partial charge on any atom is -0.487 e. The molecule has 0 atom stereocenters. The van der Waals surface area contributed by atoms with Gasteiger partial charge in [0.05, 0.1) is 0 Å². The number of hydrogen-bond acceptors (Lipinski definition) is 5. The van der Waals surface area contributed by atoms with E-state index < -0.39 is 12.1 Å². The summed E-state index contributed by atoms with van der Waals surface area (Å²) in [4.78, 5) is 25.0. The van der Waals surface area contributed by atoms with Crippen molar-refractivity contribution in [1.82, 2.24) is 10.3 Å². The third kappa shape index (κ3) is 7.54. The average Bonchev–Trinajstić information content (AvgIpc) is 3.15. The van der Waals surface area contributed by atoms with E-state index in [1.807, 2.05) is 24.3 Å². The number of amides is 1. The lowest BCUT2D eigenvalue weighted by atomic mass is 10.0. The fourth-order valence-electron chi connectivity index (χ4n) is 3.57. The van der Waals surface area contributed by atoms with Crippen molar-refractivity contribution in [3.63, 3.8) is 0 Å². The topological polar surface area (TPSA) is 101 Å². The first-order chi connectivity index (χ1) is 16.9. The maximum atomic E-state index is 12.2. The molecule has 0 saturated carbocycles. The first kappa shape index (κ1) is 26.7. The Balaban J connectivity index is 0.000000454. The van der Waals surface area contributed by atoms with Gasteiger partial charge in [-0.2, -0.15) is 13.2 Å². The molecular weight excluding hydrogens is 475 g/mol. The van der Waals surface area contributed by atoms with Gasteiger partial charge in [0.15, 0.2) is 0 Å². The summed E-state index contributed by atoms with van der Waals surface area (Å²) in [6.07, 6.45) is -0.918. The highest BCUT2D eigenvalue weighted by molar-refractivity contribution is 6.04. The van der Waals surface area contributed by atoms with Crippen LogP contribution in [0.3, 0.4) is 0 Å². The van der Waals surface area contributed by atoms with Crippen LogP contribution in [-0.2, 0) is 24.3 Å². The van der Waals surface area contributed by atoms with E-state index in [0.717, 1.165) is 36.5 Å². The first-order valence-electron chi connectivity index (χ1n) is 11.1. The summed E-state index contributed by atoms with van der Waals surface area (Å²) in [6, 6.07) is 17.6. The fourth-order valence-corrected chi connectivity index (χ4v) is 3.57.